The number of aromatic nitrogens is 2. The molecule has 2 bridgehead atoms. The van der Waals surface area contributed by atoms with Crippen LogP contribution in [0.5, 0.6) is 0 Å². The molecule has 5 heteroatoms. The van der Waals surface area contributed by atoms with Crippen LogP contribution >= 0.6 is 0 Å². The first-order valence-electron chi connectivity index (χ1n) is 8.21. The third kappa shape index (κ3) is 1.94. The average molecular weight is 287 g/mol. The second-order valence-corrected chi connectivity index (χ2v) is 7.36. The van der Waals surface area contributed by atoms with Gasteiger partial charge in [0.15, 0.2) is 0 Å². The second-order valence-electron chi connectivity index (χ2n) is 7.36. The van der Waals surface area contributed by atoms with E-state index < -0.39 is 0 Å². The Balaban J connectivity index is 1.59. The van der Waals surface area contributed by atoms with Gasteiger partial charge in [-0.25, -0.2) is 15.8 Å². The van der Waals surface area contributed by atoms with Crippen molar-refractivity contribution in [1.29, 1.82) is 0 Å². The highest BCUT2D eigenvalue weighted by Gasteiger charge is 2.65. The van der Waals surface area contributed by atoms with Gasteiger partial charge in [-0.05, 0) is 49.9 Å². The zero-order valence-electron chi connectivity index (χ0n) is 13.1. The first-order valence-corrected chi connectivity index (χ1v) is 8.21. The Morgan fingerprint density at radius 1 is 1.10 bits per heavy atom. The number of nitrogen functional groups attached to an aromatic ring is 1. The van der Waals surface area contributed by atoms with Gasteiger partial charge in [-0.3, -0.25) is 0 Å². The van der Waals surface area contributed by atoms with Gasteiger partial charge in [0.25, 0.3) is 0 Å². The Hall–Kier alpha value is -1.36. The van der Waals surface area contributed by atoms with Crippen LogP contribution in [0.25, 0.3) is 0 Å². The minimum atomic E-state index is 0.299. The van der Waals surface area contributed by atoms with Gasteiger partial charge in [0.05, 0.1) is 0 Å². The van der Waals surface area contributed by atoms with Crippen LogP contribution in [-0.4, -0.2) is 16.0 Å². The third-order valence-corrected chi connectivity index (χ3v) is 5.85. The van der Waals surface area contributed by atoms with E-state index in [1.54, 1.807) is 0 Å². The zero-order chi connectivity index (χ0) is 14.7. The first-order chi connectivity index (χ1) is 10.1. The minimum absolute atomic E-state index is 0.299. The summed E-state index contributed by atoms with van der Waals surface area (Å²) < 4.78 is 0. The van der Waals surface area contributed by atoms with Gasteiger partial charge in [0.1, 0.15) is 17.5 Å². The fraction of sp³-hybridized carbons (Fsp3) is 0.750. The van der Waals surface area contributed by atoms with Crippen molar-refractivity contribution in [2.24, 2.45) is 29.5 Å². The predicted octanol–water partition coefficient (Wildman–Crippen LogP) is 2.65. The molecule has 0 radical (unpaired) electrons. The van der Waals surface area contributed by atoms with E-state index in [4.69, 9.17) is 10.8 Å². The van der Waals surface area contributed by atoms with Crippen LogP contribution < -0.4 is 16.6 Å². The number of anilines is 2. The van der Waals surface area contributed by atoms with Gasteiger partial charge in [0, 0.05) is 17.5 Å². The van der Waals surface area contributed by atoms with Gasteiger partial charge in [0.2, 0.25) is 0 Å². The molecular formula is C16H25N5. The molecule has 4 rings (SSSR count). The number of nitrogens with one attached hydrogen (secondary N) is 2. The van der Waals surface area contributed by atoms with Crippen LogP contribution in [0.15, 0.2) is 0 Å². The summed E-state index contributed by atoms with van der Waals surface area (Å²) in [6.07, 6.45) is 4.36. The van der Waals surface area contributed by atoms with E-state index in [9.17, 15) is 0 Å². The number of hydrogen-bond donors (Lipinski definition) is 3. The number of fused-ring (bicyclic) bond motifs is 5. The van der Waals surface area contributed by atoms with Crippen molar-refractivity contribution >= 4 is 11.6 Å². The summed E-state index contributed by atoms with van der Waals surface area (Å²) in [7, 11) is 0. The van der Waals surface area contributed by atoms with Gasteiger partial charge in [-0.15, -0.1) is 0 Å². The van der Waals surface area contributed by atoms with Crippen LogP contribution in [0.3, 0.4) is 0 Å². The molecule has 0 amide bonds. The van der Waals surface area contributed by atoms with Crippen molar-refractivity contribution in [3.05, 3.63) is 11.4 Å². The predicted molar refractivity (Wildman–Crippen MR) is 83.9 cm³/mol. The SMILES string of the molecule is Cc1c(NN)nc(C(C)C)nc1NC1C2C3CCC(C3)C12. The average Bonchev–Trinajstić information content (AvgIpc) is 2.85. The summed E-state index contributed by atoms with van der Waals surface area (Å²) in [5, 5.41) is 3.71. The van der Waals surface area contributed by atoms with E-state index in [1.807, 2.05) is 6.92 Å². The van der Waals surface area contributed by atoms with Crippen LogP contribution in [0.2, 0.25) is 0 Å². The lowest BCUT2D eigenvalue weighted by atomic mass is 10.0. The maximum atomic E-state index is 5.61. The number of hydrazine groups is 1. The van der Waals surface area contributed by atoms with Crippen molar-refractivity contribution in [3.63, 3.8) is 0 Å². The van der Waals surface area contributed by atoms with Crippen molar-refractivity contribution in [3.8, 4) is 0 Å². The van der Waals surface area contributed by atoms with E-state index in [0.29, 0.717) is 12.0 Å². The maximum absolute atomic E-state index is 5.61. The molecule has 114 valence electrons. The molecular weight excluding hydrogens is 262 g/mol. The molecule has 4 N–H and O–H groups in total. The maximum Gasteiger partial charge on any atom is 0.148 e. The molecule has 4 unspecified atom stereocenters. The lowest BCUT2D eigenvalue weighted by Gasteiger charge is -2.17. The molecule has 0 spiro atoms. The molecule has 3 fully saturated rings. The monoisotopic (exact) mass is 287 g/mol. The summed E-state index contributed by atoms with van der Waals surface area (Å²) in [6, 6.07) is 0.635. The highest BCUT2D eigenvalue weighted by Crippen LogP contribution is 2.66. The normalized spacial score (nSPS) is 36.0. The zero-order valence-corrected chi connectivity index (χ0v) is 13.1. The number of nitrogens with zero attached hydrogens (tertiary/aromatic N) is 2. The smallest absolute Gasteiger partial charge is 0.148 e. The van der Waals surface area contributed by atoms with Crippen molar-refractivity contribution in [2.45, 2.75) is 52.0 Å². The molecule has 3 aliphatic rings. The van der Waals surface area contributed by atoms with Crippen molar-refractivity contribution < 1.29 is 0 Å². The number of hydrogen-bond acceptors (Lipinski definition) is 5. The van der Waals surface area contributed by atoms with Crippen LogP contribution in [0.1, 0.15) is 50.4 Å². The lowest BCUT2D eigenvalue weighted by molar-refractivity contribution is 0.456. The molecule has 1 heterocycles. The molecule has 21 heavy (non-hydrogen) atoms. The highest BCUT2D eigenvalue weighted by molar-refractivity contribution is 5.58. The molecule has 0 saturated heterocycles. The fourth-order valence-electron chi connectivity index (χ4n) is 4.75. The molecule has 0 aliphatic heterocycles. The molecule has 0 aromatic carbocycles. The number of rotatable bonds is 4. The highest BCUT2D eigenvalue weighted by atomic mass is 15.3. The summed E-state index contributed by atoms with van der Waals surface area (Å²) in [6.45, 7) is 6.26. The Kier molecular flexibility index (Phi) is 2.89. The minimum Gasteiger partial charge on any atom is -0.366 e. The molecule has 3 saturated carbocycles. The van der Waals surface area contributed by atoms with Gasteiger partial charge in [-0.2, -0.15) is 0 Å². The van der Waals surface area contributed by atoms with Crippen molar-refractivity contribution in [2.75, 3.05) is 10.7 Å². The fourth-order valence-corrected chi connectivity index (χ4v) is 4.75. The third-order valence-electron chi connectivity index (χ3n) is 5.85. The first kappa shape index (κ1) is 13.3. The van der Waals surface area contributed by atoms with Crippen LogP contribution in [-0.2, 0) is 0 Å². The van der Waals surface area contributed by atoms with E-state index in [-0.39, 0.29) is 0 Å². The Morgan fingerprint density at radius 2 is 1.71 bits per heavy atom. The van der Waals surface area contributed by atoms with Crippen LogP contribution in [0, 0.1) is 30.6 Å². The van der Waals surface area contributed by atoms with E-state index >= 15 is 0 Å². The Bertz CT molecular complexity index is 554. The molecule has 3 aliphatic carbocycles. The molecule has 5 nitrogen and oxygen atoms in total. The lowest BCUT2D eigenvalue weighted by Crippen LogP contribution is -2.18. The van der Waals surface area contributed by atoms with Crippen molar-refractivity contribution in [1.82, 2.24) is 9.97 Å². The second kappa shape index (κ2) is 4.57. The van der Waals surface area contributed by atoms with Gasteiger partial charge < -0.3 is 10.7 Å². The van der Waals surface area contributed by atoms with Gasteiger partial charge in [-0.1, -0.05) is 13.8 Å². The largest absolute Gasteiger partial charge is 0.366 e. The van der Waals surface area contributed by atoms with E-state index in [1.165, 1.54) is 19.3 Å². The summed E-state index contributed by atoms with van der Waals surface area (Å²) >= 11 is 0. The summed E-state index contributed by atoms with van der Waals surface area (Å²) in [4.78, 5) is 9.25. The van der Waals surface area contributed by atoms with Gasteiger partial charge >= 0.3 is 0 Å². The molecule has 4 atom stereocenters. The standard InChI is InChI=1S/C16H25N5/c1-7(2)14-19-15(8(3)16(20-14)21-17)18-13-11-9-4-5-10(6-9)12(11)13/h7,9-13H,4-6,17H2,1-3H3,(H2,18,19,20,21). The number of nitrogens with two attached hydrogens (primary N) is 1. The Labute approximate surface area is 126 Å². The Morgan fingerprint density at radius 3 is 2.29 bits per heavy atom. The summed E-state index contributed by atoms with van der Waals surface area (Å²) in [5.74, 6) is 12.2. The topological polar surface area (TPSA) is 75.9 Å². The molecule has 1 aromatic rings. The molecule has 1 aromatic heterocycles. The van der Waals surface area contributed by atoms with E-state index in [2.05, 4.69) is 29.6 Å². The van der Waals surface area contributed by atoms with E-state index in [0.717, 1.165) is 46.7 Å². The summed E-state index contributed by atoms with van der Waals surface area (Å²) in [5.41, 5.74) is 3.74. The van der Waals surface area contributed by atoms with Crippen LogP contribution in [0.4, 0.5) is 11.6 Å². The quantitative estimate of drug-likeness (QED) is 0.586.